The number of carbonyl (C=O) groups excluding carboxylic acids is 1. The van der Waals surface area contributed by atoms with Gasteiger partial charge in [-0.25, -0.2) is 9.67 Å². The normalized spacial score (nSPS) is 12.7. The van der Waals surface area contributed by atoms with E-state index in [1.807, 2.05) is 28.8 Å². The lowest BCUT2D eigenvalue weighted by atomic mass is 10.1. The minimum absolute atomic E-state index is 0.103. The summed E-state index contributed by atoms with van der Waals surface area (Å²) in [6.45, 7) is 13.4. The Morgan fingerprint density at radius 1 is 1.19 bits per heavy atom. The van der Waals surface area contributed by atoms with Gasteiger partial charge in [-0.1, -0.05) is 33.1 Å². The second kappa shape index (κ2) is 9.15. The number of pyridine rings is 1. The van der Waals surface area contributed by atoms with E-state index < -0.39 is 0 Å². The molecular weight excluding hydrogens is 324 g/mol. The van der Waals surface area contributed by atoms with Gasteiger partial charge in [0.1, 0.15) is 0 Å². The Hall–Kier alpha value is -1.91. The van der Waals surface area contributed by atoms with E-state index in [0.717, 1.165) is 55.4 Å². The summed E-state index contributed by atoms with van der Waals surface area (Å²) in [7, 11) is 0. The topological polar surface area (TPSA) is 51.0 Å². The molecule has 1 amide bonds. The Morgan fingerprint density at radius 2 is 1.92 bits per heavy atom. The Labute approximate surface area is 157 Å². The van der Waals surface area contributed by atoms with E-state index in [9.17, 15) is 4.79 Å². The fourth-order valence-electron chi connectivity index (χ4n) is 3.44. The van der Waals surface area contributed by atoms with E-state index in [4.69, 9.17) is 4.98 Å². The van der Waals surface area contributed by atoms with Crippen molar-refractivity contribution in [3.8, 4) is 0 Å². The third-order valence-electron chi connectivity index (χ3n) is 4.98. The summed E-state index contributed by atoms with van der Waals surface area (Å²) in [5, 5.41) is 5.37. The molecule has 0 aliphatic rings. The van der Waals surface area contributed by atoms with Crippen LogP contribution in [0.25, 0.3) is 11.0 Å². The Morgan fingerprint density at radius 3 is 2.54 bits per heavy atom. The van der Waals surface area contributed by atoms with Crippen molar-refractivity contribution in [2.24, 2.45) is 0 Å². The van der Waals surface area contributed by atoms with Crippen LogP contribution in [0.5, 0.6) is 0 Å². The van der Waals surface area contributed by atoms with E-state index in [2.05, 4.69) is 39.7 Å². The molecule has 0 bridgehead atoms. The highest BCUT2D eigenvalue weighted by Gasteiger charge is 2.23. The van der Waals surface area contributed by atoms with E-state index in [1.165, 1.54) is 0 Å². The van der Waals surface area contributed by atoms with Gasteiger partial charge in [-0.05, 0) is 46.6 Å². The van der Waals surface area contributed by atoms with E-state index in [1.54, 1.807) is 0 Å². The van der Waals surface area contributed by atoms with Crippen LogP contribution in [-0.2, 0) is 0 Å². The average molecular weight is 359 g/mol. The van der Waals surface area contributed by atoms with Crippen molar-refractivity contribution in [1.29, 1.82) is 0 Å². The predicted octanol–water partition coefficient (Wildman–Crippen LogP) is 5.14. The molecule has 0 fully saturated rings. The van der Waals surface area contributed by atoms with Crippen LogP contribution in [0, 0.1) is 6.92 Å². The number of rotatable bonds is 9. The van der Waals surface area contributed by atoms with Gasteiger partial charge in [0.05, 0.1) is 17.5 Å². The molecule has 1 atom stereocenters. The molecule has 0 aromatic carbocycles. The number of fused-ring (bicyclic) bond motifs is 1. The SMILES string of the molecule is CCCCCN(C(=O)c1cc2cnn(C(C)C)c2nc1C)C(C)CCC. The molecule has 0 aliphatic heterocycles. The number of nitrogens with zero attached hydrogens (tertiary/aromatic N) is 4. The standard InChI is InChI=1S/C21H34N4O/c1-7-9-10-12-24(16(5)11-8-2)21(26)19-13-18-14-22-25(15(3)4)20(18)23-17(19)6/h13-16H,7-12H2,1-6H3. The van der Waals surface area contributed by atoms with Crippen molar-refractivity contribution in [2.75, 3.05) is 6.54 Å². The Kier molecular flexibility index (Phi) is 7.18. The number of carbonyl (C=O) groups is 1. The highest BCUT2D eigenvalue weighted by atomic mass is 16.2. The first kappa shape index (κ1) is 20.4. The monoisotopic (exact) mass is 358 g/mol. The fraction of sp³-hybridized carbons (Fsp3) is 0.667. The Balaban J connectivity index is 2.36. The van der Waals surface area contributed by atoms with Crippen LogP contribution in [0.15, 0.2) is 12.3 Å². The fourth-order valence-corrected chi connectivity index (χ4v) is 3.44. The lowest BCUT2D eigenvalue weighted by Crippen LogP contribution is -2.39. The third-order valence-corrected chi connectivity index (χ3v) is 4.98. The van der Waals surface area contributed by atoms with Crippen LogP contribution in [0.1, 0.15) is 88.8 Å². The minimum atomic E-state index is 0.103. The van der Waals surface area contributed by atoms with Gasteiger partial charge >= 0.3 is 0 Å². The zero-order valence-corrected chi connectivity index (χ0v) is 17.2. The highest BCUT2D eigenvalue weighted by molar-refractivity contribution is 5.98. The molecule has 1 unspecified atom stereocenters. The molecule has 0 N–H and O–H groups in total. The molecule has 26 heavy (non-hydrogen) atoms. The van der Waals surface area contributed by atoms with Crippen LogP contribution >= 0.6 is 0 Å². The highest BCUT2D eigenvalue weighted by Crippen LogP contribution is 2.22. The summed E-state index contributed by atoms with van der Waals surface area (Å²) in [5.41, 5.74) is 2.35. The van der Waals surface area contributed by atoms with Gasteiger partial charge in [0, 0.05) is 24.0 Å². The maximum absolute atomic E-state index is 13.3. The summed E-state index contributed by atoms with van der Waals surface area (Å²) in [6, 6.07) is 2.46. The van der Waals surface area contributed by atoms with Crippen LogP contribution in [0.3, 0.4) is 0 Å². The summed E-state index contributed by atoms with van der Waals surface area (Å²) in [4.78, 5) is 20.1. The molecule has 5 heteroatoms. The zero-order chi connectivity index (χ0) is 19.3. The van der Waals surface area contributed by atoms with Crippen molar-refractivity contribution >= 4 is 16.9 Å². The van der Waals surface area contributed by atoms with Crippen LogP contribution in [0.2, 0.25) is 0 Å². The van der Waals surface area contributed by atoms with E-state index >= 15 is 0 Å². The summed E-state index contributed by atoms with van der Waals surface area (Å²) in [5.74, 6) is 0.103. The van der Waals surface area contributed by atoms with Crippen LogP contribution in [-0.4, -0.2) is 38.2 Å². The molecule has 144 valence electrons. The van der Waals surface area contributed by atoms with Gasteiger partial charge in [0.2, 0.25) is 0 Å². The molecule has 2 aromatic rings. The average Bonchev–Trinajstić information content (AvgIpc) is 3.00. The van der Waals surface area contributed by atoms with Crippen LogP contribution < -0.4 is 0 Å². The second-order valence-corrected chi connectivity index (χ2v) is 7.56. The molecule has 0 saturated carbocycles. The van der Waals surface area contributed by atoms with Gasteiger partial charge in [0.25, 0.3) is 5.91 Å². The summed E-state index contributed by atoms with van der Waals surface area (Å²) in [6.07, 6.45) is 7.28. The third kappa shape index (κ3) is 4.43. The quantitative estimate of drug-likeness (QED) is 0.583. The number of aromatic nitrogens is 3. The molecule has 5 nitrogen and oxygen atoms in total. The van der Waals surface area contributed by atoms with Gasteiger partial charge in [-0.3, -0.25) is 4.79 Å². The number of hydrogen-bond acceptors (Lipinski definition) is 3. The maximum Gasteiger partial charge on any atom is 0.255 e. The van der Waals surface area contributed by atoms with Crippen LogP contribution in [0.4, 0.5) is 0 Å². The van der Waals surface area contributed by atoms with Crippen molar-refractivity contribution < 1.29 is 4.79 Å². The molecule has 2 rings (SSSR count). The molecule has 0 saturated heterocycles. The molecular formula is C21H34N4O. The smallest absolute Gasteiger partial charge is 0.255 e. The number of unbranched alkanes of at least 4 members (excludes halogenated alkanes) is 2. The minimum Gasteiger partial charge on any atom is -0.336 e. The van der Waals surface area contributed by atoms with Gasteiger partial charge < -0.3 is 4.90 Å². The predicted molar refractivity (Wildman–Crippen MR) is 108 cm³/mol. The van der Waals surface area contributed by atoms with Gasteiger partial charge in [0.15, 0.2) is 5.65 Å². The van der Waals surface area contributed by atoms with E-state index in [-0.39, 0.29) is 18.0 Å². The van der Waals surface area contributed by atoms with Gasteiger partial charge in [-0.2, -0.15) is 5.10 Å². The Bertz CT molecular complexity index is 735. The summed E-state index contributed by atoms with van der Waals surface area (Å²) >= 11 is 0. The van der Waals surface area contributed by atoms with E-state index in [0.29, 0.717) is 5.56 Å². The molecule has 2 heterocycles. The van der Waals surface area contributed by atoms with Crippen molar-refractivity contribution in [2.45, 2.75) is 85.7 Å². The lowest BCUT2D eigenvalue weighted by molar-refractivity contribution is 0.0678. The van der Waals surface area contributed by atoms with Gasteiger partial charge in [-0.15, -0.1) is 0 Å². The number of amides is 1. The first-order valence-electron chi connectivity index (χ1n) is 10.1. The molecule has 2 aromatic heterocycles. The maximum atomic E-state index is 13.3. The first-order valence-corrected chi connectivity index (χ1v) is 10.1. The van der Waals surface area contributed by atoms with Crippen molar-refractivity contribution in [3.05, 3.63) is 23.5 Å². The second-order valence-electron chi connectivity index (χ2n) is 7.56. The first-order chi connectivity index (χ1) is 12.4. The number of aryl methyl sites for hydroxylation is 1. The molecule has 0 radical (unpaired) electrons. The summed E-state index contributed by atoms with van der Waals surface area (Å²) < 4.78 is 1.91. The number of hydrogen-bond donors (Lipinski definition) is 0. The zero-order valence-electron chi connectivity index (χ0n) is 17.2. The molecule has 0 spiro atoms. The van der Waals surface area contributed by atoms with Crippen molar-refractivity contribution in [3.63, 3.8) is 0 Å². The lowest BCUT2D eigenvalue weighted by Gasteiger charge is -2.30. The van der Waals surface area contributed by atoms with Crippen molar-refractivity contribution in [1.82, 2.24) is 19.7 Å². The molecule has 0 aliphatic carbocycles. The largest absolute Gasteiger partial charge is 0.336 e.